The van der Waals surface area contributed by atoms with Crippen LogP contribution in [0.1, 0.15) is 37.4 Å². The normalized spacial score (nSPS) is 25.7. The second-order valence-electron chi connectivity index (χ2n) is 8.18. The summed E-state index contributed by atoms with van der Waals surface area (Å²) in [6.45, 7) is 5.87. The van der Waals surface area contributed by atoms with E-state index >= 15 is 0 Å². The molecule has 1 aromatic heterocycles. The fourth-order valence-corrected chi connectivity index (χ4v) is 5.80. The molecule has 3 aliphatic rings. The molecule has 1 atom stereocenters. The van der Waals surface area contributed by atoms with E-state index in [0.29, 0.717) is 5.54 Å². The van der Waals surface area contributed by atoms with E-state index in [4.69, 9.17) is 4.74 Å². The van der Waals surface area contributed by atoms with Gasteiger partial charge in [0.1, 0.15) is 6.10 Å². The number of thioether (sulfide) groups is 1. The molecule has 1 saturated carbocycles. The van der Waals surface area contributed by atoms with Crippen molar-refractivity contribution in [2.45, 2.75) is 37.3 Å². The average Bonchev–Trinajstić information content (AvgIpc) is 3.39. The first kappa shape index (κ1) is 23.1. The van der Waals surface area contributed by atoms with E-state index in [9.17, 15) is 0 Å². The molecular weight excluding hydrogens is 499 g/mol. The van der Waals surface area contributed by atoms with Gasteiger partial charge < -0.3 is 15.0 Å². The van der Waals surface area contributed by atoms with Crippen molar-refractivity contribution >= 4 is 41.7 Å². The summed E-state index contributed by atoms with van der Waals surface area (Å²) in [6, 6.07) is 0. The van der Waals surface area contributed by atoms with Crippen LogP contribution in [0, 0.1) is 0 Å². The number of guanidine groups is 1. The van der Waals surface area contributed by atoms with Crippen LogP contribution in [0.3, 0.4) is 0 Å². The molecule has 2 aliphatic heterocycles. The highest BCUT2D eigenvalue weighted by Crippen LogP contribution is 2.36. The monoisotopic (exact) mass is 534 g/mol. The van der Waals surface area contributed by atoms with Gasteiger partial charge in [-0.3, -0.25) is 14.6 Å². The van der Waals surface area contributed by atoms with Crippen molar-refractivity contribution in [1.82, 2.24) is 24.9 Å². The zero-order valence-electron chi connectivity index (χ0n) is 17.7. The van der Waals surface area contributed by atoms with Gasteiger partial charge in [0.15, 0.2) is 5.96 Å². The van der Waals surface area contributed by atoms with Crippen LogP contribution in [0.15, 0.2) is 17.4 Å². The van der Waals surface area contributed by atoms with Crippen LogP contribution in [0.2, 0.25) is 0 Å². The van der Waals surface area contributed by atoms with Gasteiger partial charge >= 0.3 is 0 Å². The molecule has 0 spiro atoms. The summed E-state index contributed by atoms with van der Waals surface area (Å²) in [5.41, 5.74) is 1.45. The number of aromatic nitrogens is 2. The number of aryl methyl sites for hydroxylation is 1. The molecular formula is C20H35IN6OS. The Morgan fingerprint density at radius 3 is 2.72 bits per heavy atom. The summed E-state index contributed by atoms with van der Waals surface area (Å²) in [6.07, 6.45) is 9.33. The molecule has 9 heteroatoms. The smallest absolute Gasteiger partial charge is 0.193 e. The third kappa shape index (κ3) is 5.40. The predicted octanol–water partition coefficient (Wildman–Crippen LogP) is 2.35. The van der Waals surface area contributed by atoms with E-state index in [-0.39, 0.29) is 30.1 Å². The number of nitrogens with zero attached hydrogens (tertiary/aromatic N) is 5. The maximum atomic E-state index is 6.01. The van der Waals surface area contributed by atoms with Crippen molar-refractivity contribution in [1.29, 1.82) is 0 Å². The second-order valence-corrected chi connectivity index (χ2v) is 9.41. The molecule has 29 heavy (non-hydrogen) atoms. The first-order chi connectivity index (χ1) is 13.7. The maximum absolute atomic E-state index is 6.01. The Hall–Kier alpha value is -0.520. The van der Waals surface area contributed by atoms with E-state index < -0.39 is 0 Å². The highest BCUT2D eigenvalue weighted by molar-refractivity contribution is 14.0. The van der Waals surface area contributed by atoms with Crippen LogP contribution in [0.5, 0.6) is 0 Å². The number of aliphatic imine (C=N–C) groups is 1. The van der Waals surface area contributed by atoms with E-state index in [1.165, 1.54) is 50.3 Å². The quantitative estimate of drug-likeness (QED) is 0.364. The number of hydrogen-bond acceptors (Lipinski definition) is 5. The van der Waals surface area contributed by atoms with E-state index in [2.05, 4.69) is 37.0 Å². The Balaban J connectivity index is 0.00000240. The second kappa shape index (κ2) is 10.7. The number of halogens is 1. The topological polar surface area (TPSA) is 57.9 Å². The summed E-state index contributed by atoms with van der Waals surface area (Å²) >= 11 is 2.09. The van der Waals surface area contributed by atoms with Gasteiger partial charge in [-0.2, -0.15) is 16.9 Å². The minimum Gasteiger partial charge on any atom is -0.370 e. The van der Waals surface area contributed by atoms with Gasteiger partial charge in [-0.1, -0.05) is 12.8 Å². The number of ether oxygens (including phenoxy) is 1. The molecule has 1 unspecified atom stereocenters. The van der Waals surface area contributed by atoms with Gasteiger partial charge in [-0.25, -0.2) is 0 Å². The molecule has 3 fully saturated rings. The van der Waals surface area contributed by atoms with Gasteiger partial charge in [0, 0.05) is 69.1 Å². The minimum absolute atomic E-state index is 0. The Bertz CT molecular complexity index is 672. The fraction of sp³-hybridized carbons (Fsp3) is 0.800. The summed E-state index contributed by atoms with van der Waals surface area (Å²) in [4.78, 5) is 9.72. The predicted molar refractivity (Wildman–Crippen MR) is 130 cm³/mol. The number of rotatable bonds is 4. The highest BCUT2D eigenvalue weighted by atomic mass is 127. The zero-order valence-corrected chi connectivity index (χ0v) is 20.8. The summed E-state index contributed by atoms with van der Waals surface area (Å²) < 4.78 is 7.85. The van der Waals surface area contributed by atoms with Gasteiger partial charge in [-0.15, -0.1) is 24.0 Å². The average molecular weight is 535 g/mol. The van der Waals surface area contributed by atoms with Crippen molar-refractivity contribution < 1.29 is 4.74 Å². The van der Waals surface area contributed by atoms with Crippen LogP contribution in [-0.4, -0.2) is 89.0 Å². The summed E-state index contributed by atoms with van der Waals surface area (Å²) in [5, 5.41) is 8.04. The first-order valence-electron chi connectivity index (χ1n) is 10.6. The molecule has 0 radical (unpaired) electrons. The maximum Gasteiger partial charge on any atom is 0.193 e. The molecule has 164 valence electrons. The first-order valence-corrected chi connectivity index (χ1v) is 11.7. The van der Waals surface area contributed by atoms with Crippen molar-refractivity contribution in [3.8, 4) is 0 Å². The number of hydrogen-bond donors (Lipinski definition) is 1. The largest absolute Gasteiger partial charge is 0.370 e. The van der Waals surface area contributed by atoms with E-state index in [1.54, 1.807) is 0 Å². The van der Waals surface area contributed by atoms with Crippen molar-refractivity contribution in [2.24, 2.45) is 12.0 Å². The molecule has 1 N–H and O–H groups in total. The lowest BCUT2D eigenvalue weighted by atomic mass is 9.94. The van der Waals surface area contributed by atoms with Crippen LogP contribution in [0.25, 0.3) is 0 Å². The minimum atomic E-state index is 0. The number of morpholine rings is 1. The van der Waals surface area contributed by atoms with Gasteiger partial charge in [0.25, 0.3) is 0 Å². The molecule has 0 aromatic carbocycles. The van der Waals surface area contributed by atoms with Crippen molar-refractivity contribution in [3.05, 3.63) is 18.0 Å². The standard InChI is InChI=1S/C20H34N6OS.HI/c1-21-19(25-7-10-27-18(15-25)17-13-23-24(2)14-17)22-16-20(5-3-4-6-20)26-8-11-28-12-9-26;/h13-14,18H,3-12,15-16H2,1-2H3,(H,21,22);1H. The van der Waals surface area contributed by atoms with Crippen molar-refractivity contribution in [2.75, 3.05) is 57.9 Å². The molecule has 3 heterocycles. The number of nitrogens with one attached hydrogen (secondary N) is 1. The SMILES string of the molecule is CN=C(NCC1(N2CCSCC2)CCCC1)N1CCOC(c2cnn(C)c2)C1.I. The van der Waals surface area contributed by atoms with Gasteiger partial charge in [0.05, 0.1) is 19.3 Å². The Morgan fingerprint density at radius 1 is 1.31 bits per heavy atom. The van der Waals surface area contributed by atoms with Gasteiger partial charge in [-0.05, 0) is 12.8 Å². The van der Waals surface area contributed by atoms with Crippen LogP contribution < -0.4 is 5.32 Å². The highest BCUT2D eigenvalue weighted by Gasteiger charge is 2.40. The van der Waals surface area contributed by atoms with Crippen LogP contribution >= 0.6 is 35.7 Å². The molecule has 1 aliphatic carbocycles. The third-order valence-corrected chi connectivity index (χ3v) is 7.41. The molecule has 1 aromatic rings. The summed E-state index contributed by atoms with van der Waals surface area (Å²) in [5.74, 6) is 3.55. The lowest BCUT2D eigenvalue weighted by Crippen LogP contribution is -2.58. The Labute approximate surface area is 196 Å². The lowest BCUT2D eigenvalue weighted by molar-refractivity contribution is -0.00839. The fourth-order valence-electron chi connectivity index (χ4n) is 4.90. The zero-order chi connectivity index (χ0) is 19.4. The van der Waals surface area contributed by atoms with Crippen LogP contribution in [0.4, 0.5) is 0 Å². The van der Waals surface area contributed by atoms with Gasteiger partial charge in [0.2, 0.25) is 0 Å². The van der Waals surface area contributed by atoms with E-state index in [1.807, 2.05) is 31.2 Å². The molecule has 2 saturated heterocycles. The Kier molecular flexibility index (Phi) is 8.52. The summed E-state index contributed by atoms with van der Waals surface area (Å²) in [7, 11) is 3.85. The molecule has 4 rings (SSSR count). The third-order valence-electron chi connectivity index (χ3n) is 6.47. The molecule has 0 amide bonds. The molecule has 7 nitrogen and oxygen atoms in total. The Morgan fingerprint density at radius 2 is 2.07 bits per heavy atom. The molecule has 0 bridgehead atoms. The lowest BCUT2D eigenvalue weighted by Gasteiger charge is -2.44. The van der Waals surface area contributed by atoms with Crippen LogP contribution in [-0.2, 0) is 11.8 Å². The van der Waals surface area contributed by atoms with E-state index in [0.717, 1.165) is 37.8 Å². The van der Waals surface area contributed by atoms with Crippen molar-refractivity contribution in [3.63, 3.8) is 0 Å².